The minimum atomic E-state index is -5.47. The molecule has 0 heterocycles. The van der Waals surface area contributed by atoms with Crippen molar-refractivity contribution in [3.63, 3.8) is 0 Å². The molecule has 0 amide bonds. The van der Waals surface area contributed by atoms with E-state index in [0.717, 1.165) is 0 Å². The Hall–Kier alpha value is -0.139. The zero-order valence-electron chi connectivity index (χ0n) is 9.16. The van der Waals surface area contributed by atoms with Gasteiger partial charge in [-0.3, -0.25) is 0 Å². The number of rotatable bonds is 2. The molecule has 0 radical (unpaired) electrons. The molecule has 2 rings (SSSR count). The molecule has 0 fully saturated rings. The van der Waals surface area contributed by atoms with Gasteiger partial charge in [0.25, 0.3) is 0 Å². The Morgan fingerprint density at radius 2 is 1.53 bits per heavy atom. The standard InChI is InChI=1S/C11H7BF3O.K/c13-12(14,15)11(16)10-7-3-5-8-4-1-2-6-9(8)10;/h1-7H;/q-1;+1. The molecule has 2 aromatic carbocycles. The summed E-state index contributed by atoms with van der Waals surface area (Å²) in [6.07, 6.45) is 0. The first-order valence-electron chi connectivity index (χ1n) is 4.72. The summed E-state index contributed by atoms with van der Waals surface area (Å²) in [4.78, 5) is 11.2. The van der Waals surface area contributed by atoms with Crippen molar-refractivity contribution in [3.05, 3.63) is 48.0 Å². The van der Waals surface area contributed by atoms with Crippen molar-refractivity contribution >= 4 is 23.4 Å². The number of benzene rings is 2. The molecule has 0 saturated carbocycles. The van der Waals surface area contributed by atoms with Gasteiger partial charge < -0.3 is 17.7 Å². The summed E-state index contributed by atoms with van der Waals surface area (Å²) in [5, 5.41) is 0.975. The summed E-state index contributed by atoms with van der Waals surface area (Å²) in [6.45, 7) is -5.47. The van der Waals surface area contributed by atoms with E-state index in [4.69, 9.17) is 0 Å². The summed E-state index contributed by atoms with van der Waals surface area (Å²) < 4.78 is 37.1. The molecule has 2 aromatic rings. The van der Waals surface area contributed by atoms with Crippen molar-refractivity contribution in [2.45, 2.75) is 0 Å². The Kier molecular flexibility index (Phi) is 4.97. The van der Waals surface area contributed by atoms with Gasteiger partial charge in [-0.25, -0.2) is 0 Å². The number of fused-ring (bicyclic) bond motifs is 1. The maximum atomic E-state index is 12.4. The fraction of sp³-hybridized carbons (Fsp3) is 0. The summed E-state index contributed by atoms with van der Waals surface area (Å²) in [7, 11) is 0. The maximum absolute atomic E-state index is 12.4. The SMILES string of the molecule is O=C(c1cccc2ccccc12)[B-](F)(F)F.[K+]. The van der Waals surface area contributed by atoms with Crippen LogP contribution in [0, 0.1) is 0 Å². The average Bonchev–Trinajstić information content (AvgIpc) is 2.26. The van der Waals surface area contributed by atoms with Gasteiger partial charge in [-0.2, -0.15) is 0 Å². The van der Waals surface area contributed by atoms with Gasteiger partial charge in [0.2, 0.25) is 0 Å². The van der Waals surface area contributed by atoms with Crippen molar-refractivity contribution in [2.75, 3.05) is 0 Å². The van der Waals surface area contributed by atoms with Crippen LogP contribution in [0.2, 0.25) is 0 Å². The molecule has 0 aliphatic carbocycles. The molecule has 0 aliphatic rings. The summed E-state index contributed by atoms with van der Waals surface area (Å²) in [5.74, 6) is 0. The first-order valence-corrected chi connectivity index (χ1v) is 4.72. The molecule has 0 atom stereocenters. The first-order chi connectivity index (χ1) is 7.50. The molecular formula is C11H7BF3KO. The van der Waals surface area contributed by atoms with Crippen LogP contribution >= 0.6 is 0 Å². The molecule has 17 heavy (non-hydrogen) atoms. The second kappa shape index (κ2) is 5.67. The molecule has 0 N–H and O–H groups in total. The van der Waals surface area contributed by atoms with Crippen LogP contribution in [0.4, 0.5) is 12.9 Å². The summed E-state index contributed by atoms with van der Waals surface area (Å²) in [6, 6.07) is 10.9. The number of hydrogen-bond acceptors (Lipinski definition) is 1. The normalized spacial score (nSPS) is 11.0. The van der Waals surface area contributed by atoms with Gasteiger partial charge in [-0.05, 0) is 16.3 Å². The zero-order chi connectivity index (χ0) is 11.8. The number of hydrogen-bond donors (Lipinski definition) is 0. The van der Waals surface area contributed by atoms with Crippen LogP contribution < -0.4 is 51.4 Å². The molecule has 1 nitrogen and oxygen atoms in total. The van der Waals surface area contributed by atoms with Crippen LogP contribution in [0.5, 0.6) is 0 Å². The topological polar surface area (TPSA) is 17.1 Å². The van der Waals surface area contributed by atoms with Crippen molar-refractivity contribution in [2.24, 2.45) is 0 Å². The Bertz CT molecular complexity index is 548. The van der Waals surface area contributed by atoms with Crippen LogP contribution in [0.3, 0.4) is 0 Å². The van der Waals surface area contributed by atoms with E-state index in [9.17, 15) is 17.7 Å². The van der Waals surface area contributed by atoms with Crippen molar-refractivity contribution in [1.29, 1.82) is 0 Å². The minimum Gasteiger partial charge on any atom is -0.443 e. The second-order valence-electron chi connectivity index (χ2n) is 3.47. The van der Waals surface area contributed by atoms with Crippen molar-refractivity contribution in [1.82, 2.24) is 0 Å². The molecule has 6 heteroatoms. The van der Waals surface area contributed by atoms with E-state index < -0.39 is 12.7 Å². The van der Waals surface area contributed by atoms with E-state index in [1.807, 2.05) is 0 Å². The van der Waals surface area contributed by atoms with Crippen molar-refractivity contribution < 1.29 is 69.1 Å². The van der Waals surface area contributed by atoms with Gasteiger partial charge in [-0.1, -0.05) is 42.5 Å². The molecular weight excluding hydrogens is 255 g/mol. The van der Waals surface area contributed by atoms with Gasteiger partial charge in [0.15, 0.2) is 0 Å². The van der Waals surface area contributed by atoms with Gasteiger partial charge in [0.1, 0.15) is 5.68 Å². The van der Waals surface area contributed by atoms with Gasteiger partial charge in [-0.15, -0.1) is 0 Å². The van der Waals surface area contributed by atoms with Gasteiger partial charge in [0.05, 0.1) is 0 Å². The zero-order valence-corrected chi connectivity index (χ0v) is 12.3. The predicted octanol–water partition coefficient (Wildman–Crippen LogP) is 0.413. The Labute approximate surface area is 139 Å². The third-order valence-corrected chi connectivity index (χ3v) is 2.35. The Morgan fingerprint density at radius 1 is 0.941 bits per heavy atom. The monoisotopic (exact) mass is 262 g/mol. The van der Waals surface area contributed by atoms with E-state index in [-0.39, 0.29) is 56.9 Å². The van der Waals surface area contributed by atoms with E-state index >= 15 is 0 Å². The third-order valence-electron chi connectivity index (χ3n) is 2.35. The first kappa shape index (κ1) is 14.9. The van der Waals surface area contributed by atoms with E-state index in [2.05, 4.69) is 0 Å². The quantitative estimate of drug-likeness (QED) is 0.717. The number of carbonyl (C=O) groups is 1. The Balaban J connectivity index is 0.00000144. The van der Waals surface area contributed by atoms with Gasteiger partial charge >= 0.3 is 58.4 Å². The van der Waals surface area contributed by atoms with E-state index in [1.54, 1.807) is 24.3 Å². The van der Waals surface area contributed by atoms with Crippen LogP contribution in [0.25, 0.3) is 10.8 Å². The van der Waals surface area contributed by atoms with Crippen LogP contribution in [-0.2, 0) is 0 Å². The van der Waals surface area contributed by atoms with Gasteiger partial charge in [0, 0.05) is 0 Å². The maximum Gasteiger partial charge on any atom is 1.00 e. The fourth-order valence-corrected chi connectivity index (χ4v) is 1.62. The van der Waals surface area contributed by atoms with Crippen LogP contribution in [0.15, 0.2) is 42.5 Å². The molecule has 0 bridgehead atoms. The number of carbonyl (C=O) groups excluding carboxylic acids is 1. The molecule has 82 valence electrons. The summed E-state index contributed by atoms with van der Waals surface area (Å²) >= 11 is 0. The van der Waals surface area contributed by atoms with Crippen LogP contribution in [-0.4, -0.2) is 12.7 Å². The van der Waals surface area contributed by atoms with Crippen molar-refractivity contribution in [3.8, 4) is 0 Å². The predicted molar refractivity (Wildman–Crippen MR) is 57.4 cm³/mol. The summed E-state index contributed by atoms with van der Waals surface area (Å²) in [5.41, 5.74) is -2.01. The molecule has 0 aromatic heterocycles. The minimum absolute atomic E-state index is 0. The molecule has 0 unspecified atom stereocenters. The average molecular weight is 262 g/mol. The smallest absolute Gasteiger partial charge is 0.443 e. The van der Waals surface area contributed by atoms with Crippen LogP contribution in [0.1, 0.15) is 10.4 Å². The fourth-order valence-electron chi connectivity index (χ4n) is 1.62. The second-order valence-corrected chi connectivity index (χ2v) is 3.47. The molecule has 0 saturated heterocycles. The number of halogens is 3. The van der Waals surface area contributed by atoms with E-state index in [1.165, 1.54) is 18.2 Å². The molecule has 0 aliphatic heterocycles. The molecule has 0 spiro atoms. The largest absolute Gasteiger partial charge is 1.00 e. The Morgan fingerprint density at radius 3 is 2.18 bits per heavy atom. The van der Waals surface area contributed by atoms with E-state index in [0.29, 0.717) is 10.8 Å². The third kappa shape index (κ3) is 3.20.